The fourth-order valence-corrected chi connectivity index (χ4v) is 4.74. The molecule has 26 heavy (non-hydrogen) atoms. The highest BCUT2D eigenvalue weighted by atomic mass is 32.2. The van der Waals surface area contributed by atoms with Crippen LogP contribution in [0.1, 0.15) is 12.5 Å². The molecular weight excluding hydrogens is 344 g/mol. The molecule has 4 nitrogen and oxygen atoms in total. The van der Waals surface area contributed by atoms with Crippen LogP contribution in [0.2, 0.25) is 0 Å². The van der Waals surface area contributed by atoms with Crippen LogP contribution < -0.4 is 9.62 Å². The van der Waals surface area contributed by atoms with E-state index < -0.39 is 10.0 Å². The summed E-state index contributed by atoms with van der Waals surface area (Å²) in [7, 11) is -3.53. The van der Waals surface area contributed by atoms with Crippen LogP contribution in [0.25, 0.3) is 10.8 Å². The van der Waals surface area contributed by atoms with Gasteiger partial charge in [0, 0.05) is 24.8 Å². The minimum absolute atomic E-state index is 0.0916. The Morgan fingerprint density at radius 1 is 1.00 bits per heavy atom. The number of hydrogen-bond acceptors (Lipinski definition) is 3. The Labute approximate surface area is 154 Å². The third kappa shape index (κ3) is 3.20. The molecule has 134 valence electrons. The van der Waals surface area contributed by atoms with Crippen molar-refractivity contribution < 1.29 is 8.42 Å². The zero-order valence-corrected chi connectivity index (χ0v) is 15.5. The van der Waals surface area contributed by atoms with Crippen LogP contribution in [0, 0.1) is 0 Å². The summed E-state index contributed by atoms with van der Waals surface area (Å²) in [5.41, 5.74) is 2.54. The first-order valence-corrected chi connectivity index (χ1v) is 10.4. The lowest BCUT2D eigenvalue weighted by molar-refractivity contribution is 0.566. The zero-order chi connectivity index (χ0) is 18.1. The van der Waals surface area contributed by atoms with Gasteiger partial charge in [0.05, 0.1) is 4.90 Å². The van der Waals surface area contributed by atoms with E-state index in [0.29, 0.717) is 11.4 Å². The lowest BCUT2D eigenvalue weighted by Crippen LogP contribution is -2.41. The summed E-state index contributed by atoms with van der Waals surface area (Å²) in [6, 6.07) is 21.4. The molecule has 3 aromatic carbocycles. The molecule has 1 aliphatic heterocycles. The summed E-state index contributed by atoms with van der Waals surface area (Å²) in [5.74, 6) is 0. The maximum atomic E-state index is 12.7. The van der Waals surface area contributed by atoms with Gasteiger partial charge in [0.25, 0.3) is 0 Å². The molecule has 0 fully saturated rings. The number of para-hydroxylation sites is 1. The minimum Gasteiger partial charge on any atom is -0.367 e. The molecule has 0 aliphatic carbocycles. The Morgan fingerprint density at radius 3 is 2.58 bits per heavy atom. The van der Waals surface area contributed by atoms with Gasteiger partial charge in [0.15, 0.2) is 0 Å². The summed E-state index contributed by atoms with van der Waals surface area (Å²) in [5, 5.41) is 1.96. The van der Waals surface area contributed by atoms with Crippen molar-refractivity contribution in [2.45, 2.75) is 24.3 Å². The summed E-state index contributed by atoms with van der Waals surface area (Å²) in [6.45, 7) is 3.37. The van der Waals surface area contributed by atoms with E-state index in [-0.39, 0.29) is 6.04 Å². The topological polar surface area (TPSA) is 49.4 Å². The fraction of sp³-hybridized carbons (Fsp3) is 0.238. The van der Waals surface area contributed by atoms with E-state index in [4.69, 9.17) is 0 Å². The van der Waals surface area contributed by atoms with Crippen molar-refractivity contribution in [2.75, 3.05) is 18.0 Å². The van der Waals surface area contributed by atoms with Crippen molar-refractivity contribution in [3.05, 3.63) is 72.3 Å². The number of sulfonamides is 1. The second-order valence-electron chi connectivity index (χ2n) is 6.78. The van der Waals surface area contributed by atoms with Gasteiger partial charge in [-0.3, -0.25) is 0 Å². The Hall–Kier alpha value is -2.37. The van der Waals surface area contributed by atoms with Crippen LogP contribution in [-0.2, 0) is 16.4 Å². The van der Waals surface area contributed by atoms with E-state index in [2.05, 4.69) is 34.7 Å². The third-order valence-electron chi connectivity index (χ3n) is 5.06. The molecule has 0 amide bonds. The monoisotopic (exact) mass is 366 g/mol. The van der Waals surface area contributed by atoms with Crippen molar-refractivity contribution in [3.8, 4) is 0 Å². The highest BCUT2D eigenvalue weighted by Gasteiger charge is 2.24. The van der Waals surface area contributed by atoms with E-state index in [1.54, 1.807) is 12.1 Å². The Bertz CT molecular complexity index is 1050. The van der Waals surface area contributed by atoms with Crippen LogP contribution in [-0.4, -0.2) is 27.5 Å². The predicted octanol–water partition coefficient (Wildman–Crippen LogP) is 3.57. The lowest BCUT2D eigenvalue weighted by Gasteiger charge is -2.27. The number of benzene rings is 3. The van der Waals surface area contributed by atoms with Gasteiger partial charge in [-0.2, -0.15) is 0 Å². The van der Waals surface area contributed by atoms with E-state index in [1.165, 1.54) is 11.3 Å². The molecular formula is C21H22N2O2S. The molecule has 0 spiro atoms. The lowest BCUT2D eigenvalue weighted by atomic mass is 10.1. The van der Waals surface area contributed by atoms with Gasteiger partial charge >= 0.3 is 0 Å². The molecule has 0 unspecified atom stereocenters. The minimum atomic E-state index is -3.53. The SMILES string of the molecule is C[C@H](CNS(=O)(=O)c1ccc2ccccc2c1)N1CCc2ccccc21. The van der Waals surface area contributed by atoms with Gasteiger partial charge < -0.3 is 4.90 Å². The van der Waals surface area contributed by atoms with Crippen LogP contribution in [0.15, 0.2) is 71.6 Å². The number of nitrogens with one attached hydrogen (secondary N) is 1. The van der Waals surface area contributed by atoms with Crippen molar-refractivity contribution in [2.24, 2.45) is 0 Å². The average molecular weight is 366 g/mol. The fourth-order valence-electron chi connectivity index (χ4n) is 3.58. The molecule has 1 heterocycles. The number of hydrogen-bond donors (Lipinski definition) is 1. The molecule has 5 heteroatoms. The van der Waals surface area contributed by atoms with Gasteiger partial charge in [-0.15, -0.1) is 0 Å². The second-order valence-corrected chi connectivity index (χ2v) is 8.55. The van der Waals surface area contributed by atoms with Gasteiger partial charge in [0.2, 0.25) is 10.0 Å². The quantitative estimate of drug-likeness (QED) is 0.751. The smallest absolute Gasteiger partial charge is 0.240 e. The molecule has 1 atom stereocenters. The van der Waals surface area contributed by atoms with E-state index in [0.717, 1.165) is 23.7 Å². The van der Waals surface area contributed by atoms with Crippen molar-refractivity contribution >= 4 is 26.5 Å². The van der Waals surface area contributed by atoms with Crippen molar-refractivity contribution in [1.82, 2.24) is 4.72 Å². The van der Waals surface area contributed by atoms with E-state index in [9.17, 15) is 8.42 Å². The molecule has 0 bridgehead atoms. The standard InChI is InChI=1S/C21H22N2O2S/c1-16(23-13-12-18-7-4-5-9-21(18)23)15-22-26(24,25)20-11-10-17-6-2-3-8-19(17)14-20/h2-11,14,16,22H,12-13,15H2,1H3/t16-/m1/s1. The van der Waals surface area contributed by atoms with Crippen LogP contribution in [0.3, 0.4) is 0 Å². The Kier molecular flexibility index (Phi) is 4.42. The highest BCUT2D eigenvalue weighted by Crippen LogP contribution is 2.29. The van der Waals surface area contributed by atoms with Gasteiger partial charge in [-0.1, -0.05) is 48.5 Å². The Balaban J connectivity index is 1.49. The maximum absolute atomic E-state index is 12.7. The van der Waals surface area contributed by atoms with Crippen LogP contribution in [0.5, 0.6) is 0 Å². The molecule has 4 rings (SSSR count). The average Bonchev–Trinajstić information content (AvgIpc) is 3.10. The van der Waals surface area contributed by atoms with Gasteiger partial charge in [0.1, 0.15) is 0 Å². The predicted molar refractivity (Wildman–Crippen MR) is 106 cm³/mol. The van der Waals surface area contributed by atoms with Gasteiger partial charge in [-0.25, -0.2) is 13.1 Å². The van der Waals surface area contributed by atoms with Crippen molar-refractivity contribution in [3.63, 3.8) is 0 Å². The Morgan fingerprint density at radius 2 is 1.73 bits per heavy atom. The molecule has 1 N–H and O–H groups in total. The van der Waals surface area contributed by atoms with E-state index >= 15 is 0 Å². The number of fused-ring (bicyclic) bond motifs is 2. The second kappa shape index (κ2) is 6.74. The molecule has 1 aliphatic rings. The van der Waals surface area contributed by atoms with Crippen LogP contribution >= 0.6 is 0 Å². The maximum Gasteiger partial charge on any atom is 0.240 e. The third-order valence-corrected chi connectivity index (χ3v) is 6.48. The normalized spacial score (nSPS) is 15.2. The molecule has 3 aromatic rings. The van der Waals surface area contributed by atoms with Crippen molar-refractivity contribution in [1.29, 1.82) is 0 Å². The number of nitrogens with zero attached hydrogens (tertiary/aromatic N) is 1. The molecule has 0 saturated carbocycles. The first kappa shape index (κ1) is 17.1. The molecule has 0 aromatic heterocycles. The first-order chi connectivity index (χ1) is 12.5. The van der Waals surface area contributed by atoms with E-state index in [1.807, 2.05) is 36.4 Å². The largest absolute Gasteiger partial charge is 0.367 e. The molecule has 0 radical (unpaired) electrons. The summed E-state index contributed by atoms with van der Waals surface area (Å²) in [4.78, 5) is 2.59. The first-order valence-electron chi connectivity index (χ1n) is 8.88. The highest BCUT2D eigenvalue weighted by molar-refractivity contribution is 7.89. The summed E-state index contributed by atoms with van der Waals surface area (Å²) >= 11 is 0. The zero-order valence-electron chi connectivity index (χ0n) is 14.7. The van der Waals surface area contributed by atoms with Crippen LogP contribution in [0.4, 0.5) is 5.69 Å². The van der Waals surface area contributed by atoms with Gasteiger partial charge in [-0.05, 0) is 47.9 Å². The number of anilines is 1. The summed E-state index contributed by atoms with van der Waals surface area (Å²) in [6.07, 6.45) is 1.01. The summed E-state index contributed by atoms with van der Waals surface area (Å²) < 4.78 is 28.2. The number of rotatable bonds is 5. The molecule has 0 saturated heterocycles.